The summed E-state index contributed by atoms with van der Waals surface area (Å²) in [6.07, 6.45) is -0.220. The van der Waals surface area contributed by atoms with Gasteiger partial charge in [0.05, 0.1) is 14.2 Å². The van der Waals surface area contributed by atoms with Crippen LogP contribution in [0.3, 0.4) is 0 Å². The van der Waals surface area contributed by atoms with E-state index in [1.807, 2.05) is 0 Å². The Balaban J connectivity index is 2.43. The van der Waals surface area contributed by atoms with Gasteiger partial charge in [-0.3, -0.25) is 0 Å². The van der Waals surface area contributed by atoms with E-state index in [4.69, 9.17) is 9.47 Å². The van der Waals surface area contributed by atoms with E-state index in [1.165, 1.54) is 7.11 Å². The first kappa shape index (κ1) is 15.8. The van der Waals surface area contributed by atoms with Crippen molar-refractivity contribution in [1.82, 2.24) is 5.32 Å². The SMILES string of the molecule is CC[C@H](NC(=O)OCc1ccc(OC)cc1)C(=O)OC. The fourth-order valence-electron chi connectivity index (χ4n) is 1.52. The van der Waals surface area contributed by atoms with Crippen LogP contribution in [0.1, 0.15) is 18.9 Å². The third kappa shape index (κ3) is 4.79. The van der Waals surface area contributed by atoms with E-state index in [0.717, 1.165) is 11.3 Å². The molecule has 0 aliphatic carbocycles. The summed E-state index contributed by atoms with van der Waals surface area (Å²) in [5.41, 5.74) is 0.826. The van der Waals surface area contributed by atoms with E-state index < -0.39 is 18.1 Å². The second-order valence-corrected chi connectivity index (χ2v) is 4.05. The Kier molecular flexibility index (Phi) is 6.36. The lowest BCUT2D eigenvalue weighted by atomic mass is 10.2. The van der Waals surface area contributed by atoms with Crippen molar-refractivity contribution in [3.8, 4) is 5.75 Å². The molecule has 1 rings (SSSR count). The second kappa shape index (κ2) is 8.04. The molecular weight excluding hydrogens is 262 g/mol. The highest BCUT2D eigenvalue weighted by atomic mass is 16.6. The molecule has 0 aromatic heterocycles. The fraction of sp³-hybridized carbons (Fsp3) is 0.429. The molecule has 1 N–H and O–H groups in total. The number of carbonyl (C=O) groups excluding carboxylic acids is 2. The molecule has 6 heteroatoms. The first-order chi connectivity index (χ1) is 9.60. The molecule has 0 saturated heterocycles. The number of amides is 1. The van der Waals surface area contributed by atoms with Crippen LogP contribution in [0.5, 0.6) is 5.75 Å². The van der Waals surface area contributed by atoms with Crippen molar-refractivity contribution in [3.63, 3.8) is 0 Å². The number of methoxy groups -OCH3 is 2. The van der Waals surface area contributed by atoms with Gasteiger partial charge in [-0.05, 0) is 24.1 Å². The predicted molar refractivity (Wildman–Crippen MR) is 72.4 cm³/mol. The molecule has 110 valence electrons. The van der Waals surface area contributed by atoms with E-state index in [2.05, 4.69) is 10.1 Å². The molecule has 1 amide bonds. The quantitative estimate of drug-likeness (QED) is 0.806. The summed E-state index contributed by atoms with van der Waals surface area (Å²) in [5, 5.41) is 2.45. The zero-order valence-corrected chi connectivity index (χ0v) is 11.8. The van der Waals surface area contributed by atoms with Gasteiger partial charge < -0.3 is 19.5 Å². The van der Waals surface area contributed by atoms with Crippen molar-refractivity contribution in [3.05, 3.63) is 29.8 Å². The summed E-state index contributed by atoms with van der Waals surface area (Å²) < 4.78 is 14.6. The summed E-state index contributed by atoms with van der Waals surface area (Å²) in [5.74, 6) is 0.240. The number of hydrogen-bond donors (Lipinski definition) is 1. The Morgan fingerprint density at radius 2 is 1.85 bits per heavy atom. The molecule has 0 radical (unpaired) electrons. The van der Waals surface area contributed by atoms with Crippen molar-refractivity contribution in [2.24, 2.45) is 0 Å². The minimum atomic E-state index is -0.691. The summed E-state index contributed by atoms with van der Waals surface area (Å²) in [4.78, 5) is 22.9. The van der Waals surface area contributed by atoms with Crippen molar-refractivity contribution in [2.45, 2.75) is 26.0 Å². The Morgan fingerprint density at radius 1 is 1.20 bits per heavy atom. The molecule has 1 aromatic carbocycles. The van der Waals surface area contributed by atoms with E-state index in [9.17, 15) is 9.59 Å². The molecule has 0 fully saturated rings. The number of carbonyl (C=O) groups is 2. The molecule has 0 bridgehead atoms. The van der Waals surface area contributed by atoms with Crippen LogP contribution < -0.4 is 10.1 Å². The first-order valence-corrected chi connectivity index (χ1v) is 6.24. The van der Waals surface area contributed by atoms with Crippen LogP contribution in [0.25, 0.3) is 0 Å². The zero-order chi connectivity index (χ0) is 15.0. The van der Waals surface area contributed by atoms with E-state index >= 15 is 0 Å². The number of nitrogens with one attached hydrogen (secondary N) is 1. The molecule has 0 aliphatic heterocycles. The van der Waals surface area contributed by atoms with Crippen LogP contribution in [0.2, 0.25) is 0 Å². The topological polar surface area (TPSA) is 73.9 Å². The third-order valence-electron chi connectivity index (χ3n) is 2.72. The molecule has 0 heterocycles. The molecule has 20 heavy (non-hydrogen) atoms. The van der Waals surface area contributed by atoms with Gasteiger partial charge in [-0.15, -0.1) is 0 Å². The molecule has 0 aliphatic rings. The Bertz CT molecular complexity index is 443. The molecule has 0 unspecified atom stereocenters. The number of hydrogen-bond acceptors (Lipinski definition) is 5. The van der Waals surface area contributed by atoms with Crippen LogP contribution in [-0.4, -0.2) is 32.3 Å². The number of rotatable bonds is 6. The molecule has 6 nitrogen and oxygen atoms in total. The Labute approximate surface area is 118 Å². The van der Waals surface area contributed by atoms with Crippen LogP contribution in [0, 0.1) is 0 Å². The maximum Gasteiger partial charge on any atom is 0.408 e. The highest BCUT2D eigenvalue weighted by molar-refractivity contribution is 5.81. The average Bonchev–Trinajstić information content (AvgIpc) is 2.50. The molecule has 1 atom stereocenters. The zero-order valence-electron chi connectivity index (χ0n) is 11.8. The van der Waals surface area contributed by atoms with Gasteiger partial charge in [0, 0.05) is 0 Å². The third-order valence-corrected chi connectivity index (χ3v) is 2.72. The lowest BCUT2D eigenvalue weighted by Crippen LogP contribution is -2.41. The van der Waals surface area contributed by atoms with Gasteiger partial charge in [-0.1, -0.05) is 19.1 Å². The largest absolute Gasteiger partial charge is 0.497 e. The maximum atomic E-state index is 11.6. The van der Waals surface area contributed by atoms with Gasteiger partial charge in [0.1, 0.15) is 18.4 Å². The maximum absolute atomic E-state index is 11.6. The minimum Gasteiger partial charge on any atom is -0.497 e. The summed E-state index contributed by atoms with van der Waals surface area (Å²) in [6.45, 7) is 1.89. The minimum absolute atomic E-state index is 0.118. The van der Waals surface area contributed by atoms with Gasteiger partial charge >= 0.3 is 12.1 Å². The Hall–Kier alpha value is -2.24. The average molecular weight is 281 g/mol. The van der Waals surface area contributed by atoms with Gasteiger partial charge in [0.2, 0.25) is 0 Å². The standard InChI is InChI=1S/C14H19NO5/c1-4-12(13(16)19-3)15-14(17)20-9-10-5-7-11(18-2)8-6-10/h5-8,12H,4,9H2,1-3H3,(H,15,17)/t12-/m0/s1. The first-order valence-electron chi connectivity index (χ1n) is 6.24. The normalized spacial score (nSPS) is 11.3. The van der Waals surface area contributed by atoms with Gasteiger partial charge in [-0.2, -0.15) is 0 Å². The highest BCUT2D eigenvalue weighted by Gasteiger charge is 2.19. The van der Waals surface area contributed by atoms with E-state index in [1.54, 1.807) is 38.3 Å². The van der Waals surface area contributed by atoms with Gasteiger partial charge in [0.25, 0.3) is 0 Å². The lowest BCUT2D eigenvalue weighted by molar-refractivity contribution is -0.143. The molecule has 0 spiro atoms. The second-order valence-electron chi connectivity index (χ2n) is 4.05. The number of esters is 1. The molecule has 1 aromatic rings. The van der Waals surface area contributed by atoms with Crippen molar-refractivity contribution >= 4 is 12.1 Å². The van der Waals surface area contributed by atoms with Gasteiger partial charge in [-0.25, -0.2) is 9.59 Å². The number of benzene rings is 1. The summed E-state index contributed by atoms with van der Waals surface area (Å²) in [6, 6.07) is 6.45. The van der Waals surface area contributed by atoms with Crippen LogP contribution in [0.15, 0.2) is 24.3 Å². The summed E-state index contributed by atoms with van der Waals surface area (Å²) in [7, 11) is 2.85. The molecular formula is C14H19NO5. The highest BCUT2D eigenvalue weighted by Crippen LogP contribution is 2.12. The Morgan fingerprint density at radius 3 is 2.35 bits per heavy atom. The number of alkyl carbamates (subject to hydrolysis) is 1. The van der Waals surface area contributed by atoms with Crippen LogP contribution in [0.4, 0.5) is 4.79 Å². The lowest BCUT2D eigenvalue weighted by Gasteiger charge is -2.14. The van der Waals surface area contributed by atoms with Crippen molar-refractivity contribution in [2.75, 3.05) is 14.2 Å². The van der Waals surface area contributed by atoms with E-state index in [0.29, 0.717) is 6.42 Å². The van der Waals surface area contributed by atoms with Crippen molar-refractivity contribution < 1.29 is 23.8 Å². The van der Waals surface area contributed by atoms with Crippen LogP contribution >= 0.6 is 0 Å². The fourth-order valence-corrected chi connectivity index (χ4v) is 1.52. The predicted octanol–water partition coefficient (Wildman–Crippen LogP) is 1.87. The smallest absolute Gasteiger partial charge is 0.408 e. The van der Waals surface area contributed by atoms with E-state index in [-0.39, 0.29) is 6.61 Å². The summed E-state index contributed by atoms with van der Waals surface area (Å²) >= 11 is 0. The number of ether oxygens (including phenoxy) is 3. The van der Waals surface area contributed by atoms with Gasteiger partial charge in [0.15, 0.2) is 0 Å². The molecule has 0 saturated carbocycles. The monoisotopic (exact) mass is 281 g/mol. The van der Waals surface area contributed by atoms with Crippen LogP contribution in [-0.2, 0) is 20.9 Å². The van der Waals surface area contributed by atoms with Crippen molar-refractivity contribution in [1.29, 1.82) is 0 Å².